The summed E-state index contributed by atoms with van der Waals surface area (Å²) in [5.74, 6) is 0. The van der Waals surface area contributed by atoms with Gasteiger partial charge in [0, 0.05) is 22.3 Å². The molecule has 1 atom stereocenters. The quantitative estimate of drug-likeness (QED) is 0.911. The number of fused-ring (bicyclic) bond motifs is 1. The molecule has 19 heavy (non-hydrogen) atoms. The van der Waals surface area contributed by atoms with E-state index in [0.29, 0.717) is 6.04 Å². The van der Waals surface area contributed by atoms with Gasteiger partial charge in [-0.05, 0) is 65.0 Å². The SMILES string of the molecule is CC1(C)CC(NCc2cc3c(s2)CCC3)C(C)(C)O1. The third kappa shape index (κ3) is 2.74. The van der Waals surface area contributed by atoms with E-state index in [-0.39, 0.29) is 11.2 Å². The second kappa shape index (κ2) is 4.57. The van der Waals surface area contributed by atoms with E-state index in [1.54, 1.807) is 10.4 Å². The van der Waals surface area contributed by atoms with Crippen molar-refractivity contribution in [1.82, 2.24) is 5.32 Å². The molecule has 0 radical (unpaired) electrons. The summed E-state index contributed by atoms with van der Waals surface area (Å²) < 4.78 is 6.14. The predicted molar refractivity (Wildman–Crippen MR) is 80.8 cm³/mol. The summed E-state index contributed by atoms with van der Waals surface area (Å²) in [5.41, 5.74) is 1.53. The second-order valence-electron chi connectivity index (χ2n) is 7.12. The van der Waals surface area contributed by atoms with Crippen LogP contribution in [0.5, 0.6) is 0 Å². The summed E-state index contributed by atoms with van der Waals surface area (Å²) in [6.45, 7) is 9.78. The molecule has 1 aliphatic heterocycles. The van der Waals surface area contributed by atoms with Crippen LogP contribution in [0, 0.1) is 0 Å². The van der Waals surface area contributed by atoms with Crippen molar-refractivity contribution in [2.75, 3.05) is 0 Å². The van der Waals surface area contributed by atoms with Crippen LogP contribution in [0.4, 0.5) is 0 Å². The van der Waals surface area contributed by atoms with E-state index < -0.39 is 0 Å². The van der Waals surface area contributed by atoms with Gasteiger partial charge < -0.3 is 10.1 Å². The first-order valence-corrected chi connectivity index (χ1v) is 8.21. The van der Waals surface area contributed by atoms with Crippen LogP contribution in [-0.4, -0.2) is 17.2 Å². The number of ether oxygens (including phenoxy) is 1. The molecule has 0 aromatic carbocycles. The maximum Gasteiger partial charge on any atom is 0.0787 e. The number of nitrogens with one attached hydrogen (secondary N) is 1. The summed E-state index contributed by atoms with van der Waals surface area (Å²) in [4.78, 5) is 3.12. The standard InChI is InChI=1S/C16H25NOS/c1-15(2)9-14(16(3,4)18-15)17-10-12-8-11-6-5-7-13(11)19-12/h8,14,17H,5-7,9-10H2,1-4H3. The van der Waals surface area contributed by atoms with Crippen LogP contribution in [-0.2, 0) is 24.1 Å². The summed E-state index contributed by atoms with van der Waals surface area (Å²) in [5, 5.41) is 3.72. The van der Waals surface area contributed by atoms with Crippen molar-refractivity contribution in [2.24, 2.45) is 0 Å². The molecular weight excluding hydrogens is 254 g/mol. The molecule has 0 bridgehead atoms. The van der Waals surface area contributed by atoms with Gasteiger partial charge in [0.1, 0.15) is 0 Å². The zero-order valence-electron chi connectivity index (χ0n) is 12.5. The Morgan fingerprint density at radius 1 is 1.32 bits per heavy atom. The Labute approximate surface area is 120 Å². The molecule has 106 valence electrons. The molecule has 0 amide bonds. The van der Waals surface area contributed by atoms with Crippen molar-refractivity contribution in [3.8, 4) is 0 Å². The first-order chi connectivity index (χ1) is 8.86. The van der Waals surface area contributed by atoms with Gasteiger partial charge in [-0.15, -0.1) is 11.3 Å². The highest BCUT2D eigenvalue weighted by atomic mass is 32.1. The van der Waals surface area contributed by atoms with E-state index in [1.165, 1.54) is 24.1 Å². The van der Waals surface area contributed by atoms with Gasteiger partial charge >= 0.3 is 0 Å². The van der Waals surface area contributed by atoms with Crippen molar-refractivity contribution in [2.45, 2.75) is 77.2 Å². The Morgan fingerprint density at radius 2 is 2.11 bits per heavy atom. The smallest absolute Gasteiger partial charge is 0.0787 e. The highest BCUT2D eigenvalue weighted by Gasteiger charge is 2.45. The fraction of sp³-hybridized carbons (Fsp3) is 0.750. The molecule has 3 rings (SSSR count). The van der Waals surface area contributed by atoms with Crippen molar-refractivity contribution >= 4 is 11.3 Å². The lowest BCUT2D eigenvalue weighted by Gasteiger charge is -2.27. The van der Waals surface area contributed by atoms with Crippen molar-refractivity contribution in [3.05, 3.63) is 21.4 Å². The molecule has 2 heterocycles. The van der Waals surface area contributed by atoms with E-state index in [2.05, 4.69) is 39.1 Å². The number of hydrogen-bond acceptors (Lipinski definition) is 3. The summed E-state index contributed by atoms with van der Waals surface area (Å²) >= 11 is 2.00. The highest BCUT2D eigenvalue weighted by Crippen LogP contribution is 2.37. The topological polar surface area (TPSA) is 21.3 Å². The van der Waals surface area contributed by atoms with Crippen LogP contribution in [0.1, 0.15) is 55.9 Å². The van der Waals surface area contributed by atoms with Crippen molar-refractivity contribution in [3.63, 3.8) is 0 Å². The van der Waals surface area contributed by atoms with E-state index in [4.69, 9.17) is 4.74 Å². The fourth-order valence-electron chi connectivity index (χ4n) is 3.58. The maximum absolute atomic E-state index is 6.14. The molecule has 1 aliphatic carbocycles. The summed E-state index contributed by atoms with van der Waals surface area (Å²) in [6, 6.07) is 2.85. The van der Waals surface area contributed by atoms with Gasteiger partial charge in [0.25, 0.3) is 0 Å². The average Bonchev–Trinajstić information content (AvgIpc) is 2.86. The van der Waals surface area contributed by atoms with Crippen LogP contribution in [0.15, 0.2) is 6.07 Å². The first-order valence-electron chi connectivity index (χ1n) is 7.40. The van der Waals surface area contributed by atoms with Gasteiger partial charge in [-0.1, -0.05) is 0 Å². The Morgan fingerprint density at radius 3 is 2.74 bits per heavy atom. The molecule has 1 saturated heterocycles. The minimum Gasteiger partial charge on any atom is -0.368 e. The highest BCUT2D eigenvalue weighted by molar-refractivity contribution is 7.12. The van der Waals surface area contributed by atoms with Crippen molar-refractivity contribution < 1.29 is 4.74 Å². The van der Waals surface area contributed by atoms with Crippen LogP contribution < -0.4 is 5.32 Å². The van der Waals surface area contributed by atoms with Crippen LogP contribution >= 0.6 is 11.3 Å². The van der Waals surface area contributed by atoms with Gasteiger partial charge in [-0.2, -0.15) is 0 Å². The first kappa shape index (κ1) is 13.6. The lowest BCUT2D eigenvalue weighted by atomic mass is 9.94. The molecule has 0 spiro atoms. The minimum atomic E-state index is -0.0660. The van der Waals surface area contributed by atoms with Crippen LogP contribution in [0.2, 0.25) is 0 Å². The Kier molecular flexibility index (Phi) is 3.27. The normalized spacial score (nSPS) is 27.7. The average molecular weight is 279 g/mol. The van der Waals surface area contributed by atoms with Crippen LogP contribution in [0.3, 0.4) is 0 Å². The molecule has 0 saturated carbocycles. The summed E-state index contributed by atoms with van der Waals surface area (Å²) in [6.07, 6.45) is 5.03. The fourth-order valence-corrected chi connectivity index (χ4v) is 4.79. The van der Waals surface area contributed by atoms with Gasteiger partial charge in [0.2, 0.25) is 0 Å². The zero-order valence-corrected chi connectivity index (χ0v) is 13.3. The lowest BCUT2D eigenvalue weighted by molar-refractivity contribution is -0.0699. The molecule has 2 nitrogen and oxygen atoms in total. The number of rotatable bonds is 3. The third-order valence-electron chi connectivity index (χ3n) is 4.39. The largest absolute Gasteiger partial charge is 0.368 e. The van der Waals surface area contributed by atoms with Crippen LogP contribution in [0.25, 0.3) is 0 Å². The van der Waals surface area contributed by atoms with E-state index >= 15 is 0 Å². The predicted octanol–water partition coefficient (Wildman–Crippen LogP) is 3.67. The molecule has 1 N–H and O–H groups in total. The molecule has 3 heteroatoms. The molecule has 1 fully saturated rings. The Hall–Kier alpha value is -0.380. The Bertz CT molecular complexity index is 454. The van der Waals surface area contributed by atoms with Gasteiger partial charge in [0.05, 0.1) is 11.2 Å². The molecular formula is C16H25NOS. The summed E-state index contributed by atoms with van der Waals surface area (Å²) in [7, 11) is 0. The van der Waals surface area contributed by atoms with E-state index in [1.807, 2.05) is 11.3 Å². The molecule has 1 aromatic heterocycles. The monoisotopic (exact) mass is 279 g/mol. The van der Waals surface area contributed by atoms with E-state index in [0.717, 1.165) is 13.0 Å². The minimum absolute atomic E-state index is 0.00161. The number of thiophene rings is 1. The zero-order chi connectivity index (χ0) is 13.7. The molecule has 1 unspecified atom stereocenters. The lowest BCUT2D eigenvalue weighted by Crippen LogP contribution is -2.42. The second-order valence-corrected chi connectivity index (χ2v) is 8.34. The Balaban J connectivity index is 1.63. The van der Waals surface area contributed by atoms with Gasteiger partial charge in [-0.25, -0.2) is 0 Å². The third-order valence-corrected chi connectivity index (χ3v) is 5.63. The molecule has 2 aliphatic rings. The van der Waals surface area contributed by atoms with Gasteiger partial charge in [0.15, 0.2) is 0 Å². The number of aryl methyl sites for hydroxylation is 2. The maximum atomic E-state index is 6.14. The molecule has 1 aromatic rings. The number of hydrogen-bond donors (Lipinski definition) is 1. The van der Waals surface area contributed by atoms with Crippen molar-refractivity contribution in [1.29, 1.82) is 0 Å². The van der Waals surface area contributed by atoms with Gasteiger partial charge in [-0.3, -0.25) is 0 Å². The van der Waals surface area contributed by atoms with E-state index in [9.17, 15) is 0 Å².